The average molecular weight is 292 g/mol. The van der Waals surface area contributed by atoms with E-state index in [1.807, 2.05) is 12.1 Å². The Morgan fingerprint density at radius 2 is 2.19 bits per heavy atom. The zero-order valence-corrected chi connectivity index (χ0v) is 12.6. The van der Waals surface area contributed by atoms with E-state index in [9.17, 15) is 9.90 Å². The molecule has 21 heavy (non-hydrogen) atoms. The Labute approximate surface area is 125 Å². The van der Waals surface area contributed by atoms with Crippen molar-refractivity contribution in [3.05, 3.63) is 30.1 Å². The zero-order chi connectivity index (χ0) is 15.1. The van der Waals surface area contributed by atoms with Crippen LogP contribution in [0.3, 0.4) is 0 Å². The Balaban J connectivity index is 1.79. The molecule has 5 heteroatoms. The number of likely N-dealkylation sites (tertiary alicyclic amines) is 1. The van der Waals surface area contributed by atoms with Gasteiger partial charge in [-0.05, 0) is 30.5 Å². The second-order valence-corrected chi connectivity index (χ2v) is 5.59. The fourth-order valence-corrected chi connectivity index (χ4v) is 2.58. The fraction of sp³-hybridized carbons (Fsp3) is 0.625. The maximum absolute atomic E-state index is 12.0. The number of aromatic nitrogens is 1. The minimum atomic E-state index is -0.460. The fourth-order valence-electron chi connectivity index (χ4n) is 2.58. The van der Waals surface area contributed by atoms with Crippen LogP contribution in [0.1, 0.15) is 25.3 Å². The van der Waals surface area contributed by atoms with Crippen molar-refractivity contribution >= 4 is 5.91 Å². The number of pyridine rings is 1. The Morgan fingerprint density at radius 1 is 1.43 bits per heavy atom. The lowest BCUT2D eigenvalue weighted by Gasteiger charge is -2.16. The maximum atomic E-state index is 12.0. The van der Waals surface area contributed by atoms with Crippen LogP contribution in [0.5, 0.6) is 0 Å². The normalized spacial score (nSPS) is 21.7. The first-order valence-corrected chi connectivity index (χ1v) is 7.63. The first kappa shape index (κ1) is 15.9. The van der Waals surface area contributed by atoms with Crippen molar-refractivity contribution in [2.75, 3.05) is 26.3 Å². The Kier molecular flexibility index (Phi) is 6.14. The highest BCUT2D eigenvalue weighted by Gasteiger charge is 2.33. The van der Waals surface area contributed by atoms with Gasteiger partial charge in [0.15, 0.2) is 0 Å². The van der Waals surface area contributed by atoms with E-state index in [0.29, 0.717) is 19.7 Å². The molecule has 2 atom stereocenters. The number of aliphatic hydroxyl groups is 1. The van der Waals surface area contributed by atoms with Crippen LogP contribution in [-0.4, -0.2) is 53.3 Å². The number of unbranched alkanes of at least 4 members (excludes halogenated alkanes) is 1. The molecule has 1 aromatic rings. The molecule has 0 aromatic carbocycles. The summed E-state index contributed by atoms with van der Waals surface area (Å²) in [4.78, 5) is 17.7. The number of aliphatic hydroxyl groups excluding tert-OH is 1. The summed E-state index contributed by atoms with van der Waals surface area (Å²) in [6.07, 6.45) is 5.84. The molecule has 0 radical (unpaired) electrons. The highest BCUT2D eigenvalue weighted by Crippen LogP contribution is 2.21. The molecule has 116 valence electrons. The van der Waals surface area contributed by atoms with E-state index in [1.165, 1.54) is 0 Å². The standard InChI is InChI=1S/C16H24N2O3/c1-2-3-8-21-12-16(20)18-10-14(15(19)11-18)9-13-4-6-17-7-5-13/h4-7,14-15,19H,2-3,8-12H2,1H3/t14-,15-/m1/s1. The number of ether oxygens (including phenoxy) is 1. The smallest absolute Gasteiger partial charge is 0.248 e. The van der Waals surface area contributed by atoms with Gasteiger partial charge in [-0.1, -0.05) is 13.3 Å². The van der Waals surface area contributed by atoms with Crippen molar-refractivity contribution in [2.24, 2.45) is 5.92 Å². The molecule has 0 aliphatic carbocycles. The number of hydrogen-bond donors (Lipinski definition) is 1. The molecule has 1 aromatic heterocycles. The van der Waals surface area contributed by atoms with E-state index in [2.05, 4.69) is 11.9 Å². The van der Waals surface area contributed by atoms with Gasteiger partial charge in [0.1, 0.15) is 6.61 Å². The molecule has 1 aliphatic heterocycles. The summed E-state index contributed by atoms with van der Waals surface area (Å²) in [5.41, 5.74) is 1.14. The molecule has 5 nitrogen and oxygen atoms in total. The third-order valence-corrected chi connectivity index (χ3v) is 3.87. The second-order valence-electron chi connectivity index (χ2n) is 5.59. The van der Waals surface area contributed by atoms with Crippen LogP contribution in [0.2, 0.25) is 0 Å². The molecule has 0 unspecified atom stereocenters. The molecule has 0 bridgehead atoms. The van der Waals surface area contributed by atoms with E-state index >= 15 is 0 Å². The van der Waals surface area contributed by atoms with Gasteiger partial charge >= 0.3 is 0 Å². The lowest BCUT2D eigenvalue weighted by atomic mass is 9.97. The molecule has 1 N–H and O–H groups in total. The third kappa shape index (κ3) is 4.79. The topological polar surface area (TPSA) is 62.7 Å². The molecule has 1 aliphatic rings. The van der Waals surface area contributed by atoms with Crippen LogP contribution >= 0.6 is 0 Å². The van der Waals surface area contributed by atoms with Crippen LogP contribution in [0.25, 0.3) is 0 Å². The van der Waals surface area contributed by atoms with E-state index in [4.69, 9.17) is 4.74 Å². The van der Waals surface area contributed by atoms with Gasteiger partial charge in [0, 0.05) is 38.0 Å². The third-order valence-electron chi connectivity index (χ3n) is 3.87. The Hall–Kier alpha value is -1.46. The predicted molar refractivity (Wildman–Crippen MR) is 79.7 cm³/mol. The Morgan fingerprint density at radius 3 is 2.90 bits per heavy atom. The van der Waals surface area contributed by atoms with Crippen molar-refractivity contribution in [1.29, 1.82) is 0 Å². The molecule has 1 saturated heterocycles. The van der Waals surface area contributed by atoms with Gasteiger partial charge in [0.05, 0.1) is 6.10 Å². The zero-order valence-electron chi connectivity index (χ0n) is 12.6. The molecule has 1 amide bonds. The molecule has 0 spiro atoms. The van der Waals surface area contributed by atoms with Crippen molar-refractivity contribution in [2.45, 2.75) is 32.3 Å². The van der Waals surface area contributed by atoms with Gasteiger partial charge in [0.25, 0.3) is 0 Å². The van der Waals surface area contributed by atoms with Gasteiger partial charge in [-0.15, -0.1) is 0 Å². The number of nitrogens with zero attached hydrogens (tertiary/aromatic N) is 2. The average Bonchev–Trinajstić information content (AvgIpc) is 2.86. The Bertz CT molecular complexity index is 438. The number of carbonyl (C=O) groups is 1. The number of β-amino-alcohol motifs (C(OH)–C–C–N with tert-alkyl or cyclic N) is 1. The van der Waals surface area contributed by atoms with Crippen molar-refractivity contribution in [1.82, 2.24) is 9.88 Å². The largest absolute Gasteiger partial charge is 0.391 e. The van der Waals surface area contributed by atoms with E-state index in [1.54, 1.807) is 17.3 Å². The van der Waals surface area contributed by atoms with E-state index in [0.717, 1.165) is 24.8 Å². The minimum absolute atomic E-state index is 0.0256. The summed E-state index contributed by atoms with van der Waals surface area (Å²) < 4.78 is 5.36. The lowest BCUT2D eigenvalue weighted by molar-refractivity contribution is -0.135. The van der Waals surface area contributed by atoms with Crippen LogP contribution in [0.15, 0.2) is 24.5 Å². The number of amides is 1. The molecule has 2 rings (SSSR count). The van der Waals surface area contributed by atoms with Crippen LogP contribution in [0.4, 0.5) is 0 Å². The van der Waals surface area contributed by atoms with Gasteiger partial charge in [0.2, 0.25) is 5.91 Å². The van der Waals surface area contributed by atoms with E-state index in [-0.39, 0.29) is 18.4 Å². The van der Waals surface area contributed by atoms with Gasteiger partial charge in [-0.3, -0.25) is 9.78 Å². The maximum Gasteiger partial charge on any atom is 0.248 e. The summed E-state index contributed by atoms with van der Waals surface area (Å²) in [6.45, 7) is 3.84. The number of rotatable bonds is 7. The number of carbonyl (C=O) groups excluding carboxylic acids is 1. The van der Waals surface area contributed by atoms with Crippen molar-refractivity contribution < 1.29 is 14.6 Å². The molecule has 1 fully saturated rings. The van der Waals surface area contributed by atoms with Gasteiger partial charge in [-0.25, -0.2) is 0 Å². The summed E-state index contributed by atoms with van der Waals surface area (Å²) >= 11 is 0. The van der Waals surface area contributed by atoms with Gasteiger partial charge < -0.3 is 14.7 Å². The minimum Gasteiger partial charge on any atom is -0.391 e. The molecule has 2 heterocycles. The monoisotopic (exact) mass is 292 g/mol. The van der Waals surface area contributed by atoms with Gasteiger partial charge in [-0.2, -0.15) is 0 Å². The summed E-state index contributed by atoms with van der Waals surface area (Å²) in [6, 6.07) is 3.90. The quantitative estimate of drug-likeness (QED) is 0.769. The highest BCUT2D eigenvalue weighted by atomic mass is 16.5. The van der Waals surface area contributed by atoms with Crippen molar-refractivity contribution in [3.63, 3.8) is 0 Å². The van der Waals surface area contributed by atoms with E-state index < -0.39 is 6.10 Å². The lowest BCUT2D eigenvalue weighted by Crippen LogP contribution is -2.33. The van der Waals surface area contributed by atoms with Crippen LogP contribution in [0, 0.1) is 5.92 Å². The van der Waals surface area contributed by atoms with Crippen LogP contribution in [-0.2, 0) is 16.0 Å². The summed E-state index contributed by atoms with van der Waals surface area (Å²) in [5.74, 6) is 0.0642. The molecular weight excluding hydrogens is 268 g/mol. The molecular formula is C16H24N2O3. The first-order valence-electron chi connectivity index (χ1n) is 7.63. The van der Waals surface area contributed by atoms with Crippen molar-refractivity contribution in [3.8, 4) is 0 Å². The molecule has 0 saturated carbocycles. The summed E-state index contributed by atoms with van der Waals surface area (Å²) in [7, 11) is 0. The SMILES string of the molecule is CCCCOCC(=O)N1C[C@@H](Cc2ccncc2)[C@H](O)C1. The highest BCUT2D eigenvalue weighted by molar-refractivity contribution is 5.77. The predicted octanol–water partition coefficient (Wildman–Crippen LogP) is 1.26. The summed E-state index contributed by atoms with van der Waals surface area (Å²) in [5, 5.41) is 10.1. The second kappa shape index (κ2) is 8.10. The number of hydrogen-bond acceptors (Lipinski definition) is 4. The first-order chi connectivity index (χ1) is 10.2. The van der Waals surface area contributed by atoms with Crippen LogP contribution < -0.4 is 0 Å².